The molecule has 0 radical (unpaired) electrons. The molecule has 2 N–H and O–H groups in total. The van der Waals surface area contributed by atoms with Gasteiger partial charge in [0.05, 0.1) is 6.61 Å². The van der Waals surface area contributed by atoms with E-state index in [0.717, 1.165) is 32.7 Å². The molecule has 1 heterocycles. The minimum absolute atomic E-state index is 0.193. The lowest BCUT2D eigenvalue weighted by Gasteiger charge is -2.28. The molecule has 1 aliphatic heterocycles. The summed E-state index contributed by atoms with van der Waals surface area (Å²) in [7, 11) is 2.06. The van der Waals surface area contributed by atoms with E-state index in [9.17, 15) is 4.79 Å². The molecule has 0 spiro atoms. The molecule has 0 aromatic heterocycles. The molecule has 5 nitrogen and oxygen atoms in total. The smallest absolute Gasteiger partial charge is 0.320 e. The van der Waals surface area contributed by atoms with Crippen molar-refractivity contribution in [1.29, 1.82) is 0 Å². The quantitative estimate of drug-likeness (QED) is 0.695. The van der Waals surface area contributed by atoms with Gasteiger partial charge in [-0.15, -0.1) is 0 Å². The van der Waals surface area contributed by atoms with Gasteiger partial charge in [-0.25, -0.2) is 0 Å². The zero-order chi connectivity index (χ0) is 14.3. The van der Waals surface area contributed by atoms with Crippen molar-refractivity contribution in [1.82, 2.24) is 10.2 Å². The molecule has 0 aromatic rings. The summed E-state index contributed by atoms with van der Waals surface area (Å²) in [6.07, 6.45) is 3.00. The monoisotopic (exact) mass is 272 g/mol. The van der Waals surface area contributed by atoms with E-state index in [1.807, 2.05) is 13.8 Å². The van der Waals surface area contributed by atoms with Crippen molar-refractivity contribution in [2.75, 3.05) is 33.4 Å². The average molecular weight is 272 g/mol. The number of rotatable bonds is 8. The van der Waals surface area contributed by atoms with Crippen molar-refractivity contribution < 1.29 is 14.6 Å². The van der Waals surface area contributed by atoms with E-state index < -0.39 is 12.0 Å². The van der Waals surface area contributed by atoms with E-state index in [2.05, 4.69) is 17.3 Å². The molecule has 5 heteroatoms. The van der Waals surface area contributed by atoms with Gasteiger partial charge in [0, 0.05) is 19.2 Å². The summed E-state index contributed by atoms with van der Waals surface area (Å²) in [5, 5.41) is 12.2. The molecule has 0 aromatic carbocycles. The first-order valence-corrected chi connectivity index (χ1v) is 7.24. The van der Waals surface area contributed by atoms with E-state index in [1.165, 1.54) is 6.42 Å². The summed E-state index contributed by atoms with van der Waals surface area (Å²) in [6.45, 7) is 7.47. The molecule has 0 saturated carbocycles. The van der Waals surface area contributed by atoms with Crippen LogP contribution >= 0.6 is 0 Å². The maximum atomic E-state index is 11.1. The number of carboxylic acid groups (broad SMARTS) is 1. The second-order valence-corrected chi connectivity index (χ2v) is 5.85. The van der Waals surface area contributed by atoms with Gasteiger partial charge in [-0.2, -0.15) is 0 Å². The molecule has 112 valence electrons. The number of nitrogens with zero attached hydrogens (tertiary/aromatic N) is 1. The SMILES string of the molecule is CC(C)NC(CCN(C)CC1CCCOC1)C(=O)O. The maximum absolute atomic E-state index is 11.1. The standard InChI is InChI=1S/C14H28N2O3/c1-11(2)15-13(14(17)18)6-7-16(3)9-12-5-4-8-19-10-12/h11-13,15H,4-10H2,1-3H3,(H,17,18). The van der Waals surface area contributed by atoms with Crippen LogP contribution in [-0.2, 0) is 9.53 Å². The number of hydrogen-bond donors (Lipinski definition) is 2. The highest BCUT2D eigenvalue weighted by molar-refractivity contribution is 5.73. The van der Waals surface area contributed by atoms with E-state index in [0.29, 0.717) is 12.3 Å². The van der Waals surface area contributed by atoms with Gasteiger partial charge >= 0.3 is 5.97 Å². The number of hydrogen-bond acceptors (Lipinski definition) is 4. The Kier molecular flexibility index (Phi) is 7.34. The van der Waals surface area contributed by atoms with Crippen LogP contribution in [0.5, 0.6) is 0 Å². The van der Waals surface area contributed by atoms with Crippen molar-refractivity contribution in [3.8, 4) is 0 Å². The van der Waals surface area contributed by atoms with Gasteiger partial charge in [0.1, 0.15) is 6.04 Å². The number of aliphatic carboxylic acids is 1. The second-order valence-electron chi connectivity index (χ2n) is 5.85. The lowest BCUT2D eigenvalue weighted by Crippen LogP contribution is -2.43. The third-order valence-electron chi connectivity index (χ3n) is 3.46. The highest BCUT2D eigenvalue weighted by Gasteiger charge is 2.20. The van der Waals surface area contributed by atoms with Crippen LogP contribution in [0, 0.1) is 5.92 Å². The number of carboxylic acids is 1. The third kappa shape index (κ3) is 6.89. The lowest BCUT2D eigenvalue weighted by atomic mass is 10.0. The Balaban J connectivity index is 2.26. The van der Waals surface area contributed by atoms with Crippen molar-refractivity contribution in [3.05, 3.63) is 0 Å². The summed E-state index contributed by atoms with van der Waals surface area (Å²) in [4.78, 5) is 13.4. The van der Waals surface area contributed by atoms with Crippen molar-refractivity contribution in [2.24, 2.45) is 5.92 Å². The van der Waals surface area contributed by atoms with Crippen molar-refractivity contribution in [2.45, 2.75) is 45.2 Å². The number of ether oxygens (including phenoxy) is 1. The van der Waals surface area contributed by atoms with Crippen LogP contribution in [0.4, 0.5) is 0 Å². The molecule has 0 bridgehead atoms. The minimum Gasteiger partial charge on any atom is -0.480 e. The molecule has 1 rings (SSSR count). The molecule has 1 aliphatic rings. The van der Waals surface area contributed by atoms with Gasteiger partial charge in [-0.3, -0.25) is 4.79 Å². The van der Waals surface area contributed by atoms with Gasteiger partial charge in [0.2, 0.25) is 0 Å². The summed E-state index contributed by atoms with van der Waals surface area (Å²) >= 11 is 0. The largest absolute Gasteiger partial charge is 0.480 e. The van der Waals surface area contributed by atoms with Gasteiger partial charge in [0.15, 0.2) is 0 Å². The number of nitrogens with one attached hydrogen (secondary N) is 1. The van der Waals surface area contributed by atoms with Gasteiger partial charge in [0.25, 0.3) is 0 Å². The minimum atomic E-state index is -0.761. The summed E-state index contributed by atoms with van der Waals surface area (Å²) in [6, 6.07) is -0.261. The Morgan fingerprint density at radius 3 is 2.79 bits per heavy atom. The summed E-state index contributed by atoms with van der Waals surface area (Å²) < 4.78 is 5.47. The maximum Gasteiger partial charge on any atom is 0.320 e. The fourth-order valence-electron chi connectivity index (χ4n) is 2.51. The first-order chi connectivity index (χ1) is 8.99. The van der Waals surface area contributed by atoms with Gasteiger partial charge < -0.3 is 20.1 Å². The van der Waals surface area contributed by atoms with E-state index in [1.54, 1.807) is 0 Å². The Morgan fingerprint density at radius 2 is 2.26 bits per heavy atom. The fourth-order valence-corrected chi connectivity index (χ4v) is 2.51. The van der Waals surface area contributed by atoms with Crippen LogP contribution in [0.15, 0.2) is 0 Å². The van der Waals surface area contributed by atoms with Crippen LogP contribution in [0.1, 0.15) is 33.1 Å². The van der Waals surface area contributed by atoms with Crippen LogP contribution in [0.25, 0.3) is 0 Å². The highest BCUT2D eigenvalue weighted by atomic mass is 16.5. The summed E-state index contributed by atoms with van der Waals surface area (Å²) in [5.41, 5.74) is 0. The Labute approximate surface area is 116 Å². The molecule has 1 fully saturated rings. The first kappa shape index (κ1) is 16.4. The Bertz CT molecular complexity index is 265. The molecule has 19 heavy (non-hydrogen) atoms. The van der Waals surface area contributed by atoms with Crippen LogP contribution in [0.2, 0.25) is 0 Å². The topological polar surface area (TPSA) is 61.8 Å². The average Bonchev–Trinajstić information content (AvgIpc) is 2.35. The zero-order valence-electron chi connectivity index (χ0n) is 12.4. The molecule has 0 aliphatic carbocycles. The normalized spacial score (nSPS) is 21.8. The molecule has 2 atom stereocenters. The van der Waals surface area contributed by atoms with E-state index in [-0.39, 0.29) is 6.04 Å². The van der Waals surface area contributed by atoms with Crippen molar-refractivity contribution in [3.63, 3.8) is 0 Å². The predicted octanol–water partition coefficient (Wildman–Crippen LogP) is 1.19. The molecule has 0 amide bonds. The lowest BCUT2D eigenvalue weighted by molar-refractivity contribution is -0.139. The predicted molar refractivity (Wildman–Crippen MR) is 75.4 cm³/mol. The second kappa shape index (κ2) is 8.51. The molecule has 1 saturated heterocycles. The Hall–Kier alpha value is -0.650. The zero-order valence-corrected chi connectivity index (χ0v) is 12.4. The summed E-state index contributed by atoms with van der Waals surface area (Å²) in [5.74, 6) is -0.164. The fraction of sp³-hybridized carbons (Fsp3) is 0.929. The van der Waals surface area contributed by atoms with E-state index >= 15 is 0 Å². The Morgan fingerprint density at radius 1 is 1.53 bits per heavy atom. The van der Waals surface area contributed by atoms with Crippen LogP contribution in [-0.4, -0.2) is 61.4 Å². The van der Waals surface area contributed by atoms with Crippen LogP contribution in [0.3, 0.4) is 0 Å². The molecule has 2 unspecified atom stereocenters. The van der Waals surface area contributed by atoms with Gasteiger partial charge in [-0.1, -0.05) is 13.8 Å². The number of carbonyl (C=O) groups is 1. The first-order valence-electron chi connectivity index (χ1n) is 7.24. The van der Waals surface area contributed by atoms with Crippen molar-refractivity contribution >= 4 is 5.97 Å². The third-order valence-corrected chi connectivity index (χ3v) is 3.46. The highest BCUT2D eigenvalue weighted by Crippen LogP contribution is 2.14. The molecular formula is C14H28N2O3. The molecular weight excluding hydrogens is 244 g/mol. The van der Waals surface area contributed by atoms with Gasteiger partial charge in [-0.05, 0) is 38.8 Å². The van der Waals surface area contributed by atoms with E-state index in [4.69, 9.17) is 9.84 Å². The van der Waals surface area contributed by atoms with Crippen LogP contribution < -0.4 is 5.32 Å².